The van der Waals surface area contributed by atoms with Crippen molar-refractivity contribution in [2.75, 3.05) is 43.4 Å². The predicted octanol–water partition coefficient (Wildman–Crippen LogP) is 1.69. The highest BCUT2D eigenvalue weighted by molar-refractivity contribution is 5.68. The SMILES string of the molecule is CCN1CCN(c2cc(F)cc(F)c2N)CC1. The molecule has 2 rings (SSSR count). The molecule has 5 heteroatoms. The molecule has 1 fully saturated rings. The van der Waals surface area contributed by atoms with Crippen LogP contribution in [0.25, 0.3) is 0 Å². The topological polar surface area (TPSA) is 32.5 Å². The maximum atomic E-state index is 13.3. The van der Waals surface area contributed by atoms with Crippen LogP contribution < -0.4 is 10.6 Å². The molecule has 2 N–H and O–H groups in total. The Labute approximate surface area is 99.8 Å². The zero-order valence-electron chi connectivity index (χ0n) is 9.92. The summed E-state index contributed by atoms with van der Waals surface area (Å²) in [5.74, 6) is -1.26. The fraction of sp³-hybridized carbons (Fsp3) is 0.500. The Morgan fingerprint density at radius 1 is 1.18 bits per heavy atom. The van der Waals surface area contributed by atoms with Gasteiger partial charge in [0.25, 0.3) is 0 Å². The molecule has 1 saturated heterocycles. The zero-order valence-corrected chi connectivity index (χ0v) is 9.92. The lowest BCUT2D eigenvalue weighted by molar-refractivity contribution is 0.271. The van der Waals surface area contributed by atoms with Gasteiger partial charge in [0.1, 0.15) is 5.82 Å². The average Bonchev–Trinajstić information content (AvgIpc) is 2.34. The summed E-state index contributed by atoms with van der Waals surface area (Å²) in [6, 6.07) is 2.13. The highest BCUT2D eigenvalue weighted by Crippen LogP contribution is 2.28. The number of benzene rings is 1. The molecule has 0 amide bonds. The number of anilines is 2. The predicted molar refractivity (Wildman–Crippen MR) is 65.1 cm³/mol. The van der Waals surface area contributed by atoms with Crippen LogP contribution in [0.4, 0.5) is 20.2 Å². The van der Waals surface area contributed by atoms with Crippen molar-refractivity contribution >= 4 is 11.4 Å². The van der Waals surface area contributed by atoms with Gasteiger partial charge in [-0.15, -0.1) is 0 Å². The van der Waals surface area contributed by atoms with Crippen LogP contribution in [-0.4, -0.2) is 37.6 Å². The normalized spacial score (nSPS) is 17.5. The summed E-state index contributed by atoms with van der Waals surface area (Å²) in [6.07, 6.45) is 0. The minimum Gasteiger partial charge on any atom is -0.395 e. The molecule has 0 bridgehead atoms. The number of nitrogens with zero attached hydrogens (tertiary/aromatic N) is 2. The standard InChI is InChI=1S/C12H17F2N3/c1-2-16-3-5-17(6-4-16)11-8-9(13)7-10(14)12(11)15/h7-8H,2-6,15H2,1H3. The Morgan fingerprint density at radius 2 is 1.82 bits per heavy atom. The second-order valence-corrected chi connectivity index (χ2v) is 4.24. The van der Waals surface area contributed by atoms with Gasteiger partial charge in [-0.05, 0) is 12.6 Å². The van der Waals surface area contributed by atoms with Crippen molar-refractivity contribution in [1.82, 2.24) is 4.90 Å². The van der Waals surface area contributed by atoms with Crippen molar-refractivity contribution in [3.05, 3.63) is 23.8 Å². The lowest BCUT2D eigenvalue weighted by Gasteiger charge is -2.36. The van der Waals surface area contributed by atoms with E-state index >= 15 is 0 Å². The van der Waals surface area contributed by atoms with E-state index in [0.29, 0.717) is 5.69 Å². The van der Waals surface area contributed by atoms with Crippen LogP contribution in [0.5, 0.6) is 0 Å². The van der Waals surface area contributed by atoms with Crippen LogP contribution in [0.15, 0.2) is 12.1 Å². The summed E-state index contributed by atoms with van der Waals surface area (Å²) in [7, 11) is 0. The lowest BCUT2D eigenvalue weighted by atomic mass is 10.2. The fourth-order valence-electron chi connectivity index (χ4n) is 2.14. The maximum Gasteiger partial charge on any atom is 0.151 e. The molecule has 0 aliphatic carbocycles. The summed E-state index contributed by atoms with van der Waals surface area (Å²) >= 11 is 0. The molecular weight excluding hydrogens is 224 g/mol. The van der Waals surface area contributed by atoms with E-state index in [1.807, 2.05) is 4.90 Å². The molecule has 17 heavy (non-hydrogen) atoms. The van der Waals surface area contributed by atoms with E-state index in [1.165, 1.54) is 6.07 Å². The molecular formula is C12H17F2N3. The van der Waals surface area contributed by atoms with Crippen molar-refractivity contribution in [3.8, 4) is 0 Å². The first-order chi connectivity index (χ1) is 8.11. The van der Waals surface area contributed by atoms with Gasteiger partial charge in [-0.1, -0.05) is 6.92 Å². The number of nitrogen functional groups attached to an aromatic ring is 1. The van der Waals surface area contributed by atoms with Crippen molar-refractivity contribution in [2.45, 2.75) is 6.92 Å². The monoisotopic (exact) mass is 241 g/mol. The van der Waals surface area contributed by atoms with Crippen molar-refractivity contribution in [2.24, 2.45) is 0 Å². The summed E-state index contributed by atoms with van der Waals surface area (Å²) in [5.41, 5.74) is 6.16. The Kier molecular flexibility index (Phi) is 3.47. The number of hydrogen-bond acceptors (Lipinski definition) is 3. The molecule has 0 radical (unpaired) electrons. The smallest absolute Gasteiger partial charge is 0.151 e. The first kappa shape index (κ1) is 12.1. The summed E-state index contributed by atoms with van der Waals surface area (Å²) in [4.78, 5) is 4.23. The number of likely N-dealkylation sites (N-methyl/N-ethyl adjacent to an activating group) is 1. The van der Waals surface area contributed by atoms with Gasteiger partial charge in [0.05, 0.1) is 11.4 Å². The number of nitrogens with two attached hydrogens (primary N) is 1. The van der Waals surface area contributed by atoms with Gasteiger partial charge in [0.15, 0.2) is 5.82 Å². The minimum atomic E-state index is -0.682. The first-order valence-electron chi connectivity index (χ1n) is 5.83. The van der Waals surface area contributed by atoms with Gasteiger partial charge in [-0.2, -0.15) is 0 Å². The first-order valence-corrected chi connectivity index (χ1v) is 5.83. The maximum absolute atomic E-state index is 13.3. The lowest BCUT2D eigenvalue weighted by Crippen LogP contribution is -2.46. The molecule has 1 aromatic rings. The molecule has 1 heterocycles. The van der Waals surface area contributed by atoms with Crippen LogP contribution in [0.2, 0.25) is 0 Å². The van der Waals surface area contributed by atoms with E-state index in [2.05, 4.69) is 11.8 Å². The van der Waals surface area contributed by atoms with Gasteiger partial charge in [0.2, 0.25) is 0 Å². The van der Waals surface area contributed by atoms with E-state index in [9.17, 15) is 8.78 Å². The van der Waals surface area contributed by atoms with Gasteiger partial charge in [0, 0.05) is 32.2 Å². The number of piperazine rings is 1. The Balaban J connectivity index is 2.18. The van der Waals surface area contributed by atoms with Crippen LogP contribution in [0.1, 0.15) is 6.92 Å². The van der Waals surface area contributed by atoms with Gasteiger partial charge >= 0.3 is 0 Å². The van der Waals surface area contributed by atoms with E-state index in [1.54, 1.807) is 0 Å². The Bertz CT molecular complexity index is 401. The highest BCUT2D eigenvalue weighted by Gasteiger charge is 2.19. The molecule has 1 aliphatic heterocycles. The van der Waals surface area contributed by atoms with E-state index in [0.717, 1.165) is 38.8 Å². The summed E-state index contributed by atoms with van der Waals surface area (Å²) in [6.45, 7) is 6.40. The van der Waals surface area contributed by atoms with Gasteiger partial charge < -0.3 is 15.5 Å². The Hall–Kier alpha value is -1.36. The molecule has 0 spiro atoms. The highest BCUT2D eigenvalue weighted by atomic mass is 19.1. The van der Waals surface area contributed by atoms with Crippen LogP contribution >= 0.6 is 0 Å². The largest absolute Gasteiger partial charge is 0.395 e. The average molecular weight is 241 g/mol. The second-order valence-electron chi connectivity index (χ2n) is 4.24. The van der Waals surface area contributed by atoms with Crippen molar-refractivity contribution in [3.63, 3.8) is 0 Å². The van der Waals surface area contributed by atoms with Gasteiger partial charge in [-0.25, -0.2) is 8.78 Å². The molecule has 94 valence electrons. The van der Waals surface area contributed by atoms with Crippen molar-refractivity contribution < 1.29 is 8.78 Å². The third-order valence-electron chi connectivity index (χ3n) is 3.23. The molecule has 0 atom stereocenters. The molecule has 1 aliphatic rings. The molecule has 0 saturated carbocycles. The van der Waals surface area contributed by atoms with E-state index in [4.69, 9.17) is 5.73 Å². The molecule has 1 aromatic carbocycles. The van der Waals surface area contributed by atoms with Crippen molar-refractivity contribution in [1.29, 1.82) is 0 Å². The molecule has 0 aromatic heterocycles. The van der Waals surface area contributed by atoms with Gasteiger partial charge in [-0.3, -0.25) is 0 Å². The third kappa shape index (κ3) is 2.49. The quantitative estimate of drug-likeness (QED) is 0.800. The number of halogens is 2. The zero-order chi connectivity index (χ0) is 12.4. The molecule has 0 unspecified atom stereocenters. The number of hydrogen-bond donors (Lipinski definition) is 1. The van der Waals surface area contributed by atoms with E-state index in [-0.39, 0.29) is 5.69 Å². The van der Waals surface area contributed by atoms with Crippen LogP contribution in [0.3, 0.4) is 0 Å². The molecule has 3 nitrogen and oxygen atoms in total. The van der Waals surface area contributed by atoms with Crippen LogP contribution in [0, 0.1) is 11.6 Å². The summed E-state index contributed by atoms with van der Waals surface area (Å²) < 4.78 is 26.5. The van der Waals surface area contributed by atoms with Crippen LogP contribution in [-0.2, 0) is 0 Å². The minimum absolute atomic E-state index is 0.0383. The second kappa shape index (κ2) is 4.87. The number of rotatable bonds is 2. The van der Waals surface area contributed by atoms with E-state index < -0.39 is 11.6 Å². The fourth-order valence-corrected chi connectivity index (χ4v) is 2.14. The third-order valence-corrected chi connectivity index (χ3v) is 3.23. The summed E-state index contributed by atoms with van der Waals surface area (Å²) in [5, 5.41) is 0. The Morgan fingerprint density at radius 3 is 2.41 bits per heavy atom.